The van der Waals surface area contributed by atoms with Crippen LogP contribution in [0.25, 0.3) is 0 Å². The molecule has 1 heterocycles. The molecule has 3 rings (SSSR count). The number of rotatable bonds is 6. The van der Waals surface area contributed by atoms with Crippen molar-refractivity contribution in [3.05, 3.63) is 52.0 Å². The predicted molar refractivity (Wildman–Crippen MR) is 125 cm³/mol. The fourth-order valence-corrected chi connectivity index (χ4v) is 3.91. The zero-order chi connectivity index (χ0) is 22.5. The summed E-state index contributed by atoms with van der Waals surface area (Å²) in [6.07, 6.45) is 0. The number of piperazine rings is 1. The minimum Gasteiger partial charge on any atom is -0.484 e. The molecule has 0 bridgehead atoms. The molecule has 1 saturated heterocycles. The molecule has 1 N–H and O–H groups in total. The average Bonchev–Trinajstić information content (AvgIpc) is 2.74. The second-order valence-electron chi connectivity index (χ2n) is 7.85. The molecule has 2 amide bonds. The summed E-state index contributed by atoms with van der Waals surface area (Å²) in [6, 6.07) is 10.7. The minimum atomic E-state index is -0.287. The van der Waals surface area contributed by atoms with Gasteiger partial charge in [0.15, 0.2) is 6.61 Å². The van der Waals surface area contributed by atoms with Crippen molar-refractivity contribution in [2.45, 2.75) is 20.8 Å². The lowest BCUT2D eigenvalue weighted by molar-refractivity contribution is -0.134. The number of hydrogen-bond acceptors (Lipinski definition) is 4. The maximum absolute atomic E-state index is 12.5. The molecule has 2 aromatic rings. The molecule has 0 aromatic heterocycles. The molecular formula is C23H27Cl2N3O3. The summed E-state index contributed by atoms with van der Waals surface area (Å²) in [5.41, 5.74) is 2.26. The number of anilines is 2. The van der Waals surface area contributed by atoms with Crippen molar-refractivity contribution in [3.63, 3.8) is 0 Å². The fraction of sp³-hybridized carbons (Fsp3) is 0.391. The van der Waals surface area contributed by atoms with Crippen LogP contribution in [-0.4, -0.2) is 49.5 Å². The topological polar surface area (TPSA) is 61.9 Å². The largest absolute Gasteiger partial charge is 0.484 e. The highest BCUT2D eigenvalue weighted by Crippen LogP contribution is 2.34. The number of carbonyl (C=O) groups is 2. The Labute approximate surface area is 193 Å². The van der Waals surface area contributed by atoms with Crippen molar-refractivity contribution < 1.29 is 14.3 Å². The van der Waals surface area contributed by atoms with Gasteiger partial charge in [0, 0.05) is 37.1 Å². The van der Waals surface area contributed by atoms with Crippen molar-refractivity contribution in [3.8, 4) is 5.75 Å². The van der Waals surface area contributed by atoms with E-state index in [0.717, 1.165) is 11.3 Å². The van der Waals surface area contributed by atoms with Gasteiger partial charge in [-0.2, -0.15) is 0 Å². The number of nitrogens with one attached hydrogen (secondary N) is 1. The molecule has 0 aliphatic carbocycles. The number of ether oxygens (including phenoxy) is 1. The second-order valence-corrected chi connectivity index (χ2v) is 8.67. The molecular weight excluding hydrogens is 437 g/mol. The molecule has 6 nitrogen and oxygen atoms in total. The van der Waals surface area contributed by atoms with E-state index in [-0.39, 0.29) is 24.3 Å². The van der Waals surface area contributed by atoms with Crippen LogP contribution < -0.4 is 15.0 Å². The summed E-state index contributed by atoms with van der Waals surface area (Å²) in [4.78, 5) is 28.8. The molecule has 2 aromatic carbocycles. The molecule has 0 spiro atoms. The fourth-order valence-electron chi connectivity index (χ4n) is 3.50. The van der Waals surface area contributed by atoms with Crippen LogP contribution in [0.2, 0.25) is 10.0 Å². The SMILES string of the molecule is Cc1cc(OCC(=O)Nc2cccc(Cl)c2N2CCN(C(=O)C(C)C)CC2)ccc1Cl. The normalized spacial score (nSPS) is 14.0. The van der Waals surface area contributed by atoms with Gasteiger partial charge < -0.3 is 19.9 Å². The average molecular weight is 464 g/mol. The number of benzene rings is 2. The third-order valence-electron chi connectivity index (χ3n) is 5.16. The summed E-state index contributed by atoms with van der Waals surface area (Å²) in [5.74, 6) is 0.423. The van der Waals surface area contributed by atoms with E-state index in [4.69, 9.17) is 27.9 Å². The number of aryl methyl sites for hydroxylation is 1. The Morgan fingerprint density at radius 1 is 1.06 bits per heavy atom. The van der Waals surface area contributed by atoms with Crippen molar-refractivity contribution in [2.75, 3.05) is 43.0 Å². The van der Waals surface area contributed by atoms with E-state index in [1.807, 2.05) is 31.7 Å². The van der Waals surface area contributed by atoms with Gasteiger partial charge in [-0.3, -0.25) is 9.59 Å². The Hall–Kier alpha value is -2.44. The van der Waals surface area contributed by atoms with E-state index in [9.17, 15) is 9.59 Å². The van der Waals surface area contributed by atoms with Gasteiger partial charge in [-0.05, 0) is 42.8 Å². The molecule has 1 aliphatic heterocycles. The van der Waals surface area contributed by atoms with Crippen molar-refractivity contribution in [1.29, 1.82) is 0 Å². The quantitative estimate of drug-likeness (QED) is 0.678. The van der Waals surface area contributed by atoms with Crippen LogP contribution in [0.1, 0.15) is 19.4 Å². The highest BCUT2D eigenvalue weighted by Gasteiger charge is 2.25. The predicted octanol–water partition coefficient (Wildman–Crippen LogP) is 4.62. The number of hydrogen-bond donors (Lipinski definition) is 1. The summed E-state index contributed by atoms with van der Waals surface area (Å²) in [5, 5.41) is 4.10. The monoisotopic (exact) mass is 463 g/mol. The van der Waals surface area contributed by atoms with Gasteiger partial charge in [-0.15, -0.1) is 0 Å². The van der Waals surface area contributed by atoms with E-state index < -0.39 is 0 Å². The Bertz CT molecular complexity index is 957. The van der Waals surface area contributed by atoms with Crippen LogP contribution in [0, 0.1) is 12.8 Å². The van der Waals surface area contributed by atoms with Gasteiger partial charge in [0.1, 0.15) is 5.75 Å². The number of para-hydroxylation sites is 1. The second kappa shape index (κ2) is 10.2. The van der Waals surface area contributed by atoms with Crippen LogP contribution in [0.15, 0.2) is 36.4 Å². The van der Waals surface area contributed by atoms with Gasteiger partial charge in [-0.1, -0.05) is 43.1 Å². The first kappa shape index (κ1) is 23.2. The minimum absolute atomic E-state index is 0.0221. The Morgan fingerprint density at radius 3 is 2.42 bits per heavy atom. The number of halogens is 2. The zero-order valence-corrected chi connectivity index (χ0v) is 19.5. The maximum Gasteiger partial charge on any atom is 0.262 e. The maximum atomic E-state index is 12.5. The first-order valence-electron chi connectivity index (χ1n) is 10.3. The molecule has 31 heavy (non-hydrogen) atoms. The molecule has 0 saturated carbocycles. The lowest BCUT2D eigenvalue weighted by Crippen LogP contribution is -2.50. The molecule has 1 fully saturated rings. The third-order valence-corrected chi connectivity index (χ3v) is 5.89. The molecule has 0 atom stereocenters. The van der Waals surface area contributed by atoms with Gasteiger partial charge in [0.2, 0.25) is 5.91 Å². The van der Waals surface area contributed by atoms with Crippen LogP contribution in [-0.2, 0) is 9.59 Å². The highest BCUT2D eigenvalue weighted by molar-refractivity contribution is 6.34. The molecule has 166 valence electrons. The van der Waals surface area contributed by atoms with Crippen LogP contribution in [0.3, 0.4) is 0 Å². The lowest BCUT2D eigenvalue weighted by Gasteiger charge is -2.38. The van der Waals surface area contributed by atoms with E-state index in [1.165, 1.54) is 0 Å². The standard InChI is InChI=1S/C23H27Cl2N3O3/c1-15(2)23(30)28-11-9-27(10-12-28)22-19(25)5-4-6-20(22)26-21(29)14-31-17-7-8-18(24)16(3)13-17/h4-8,13,15H,9-12,14H2,1-3H3,(H,26,29). The summed E-state index contributed by atoms with van der Waals surface area (Å²) in [6.45, 7) is 8.08. The number of carbonyl (C=O) groups excluding carboxylic acids is 2. The lowest BCUT2D eigenvalue weighted by atomic mass is 10.1. The highest BCUT2D eigenvalue weighted by atomic mass is 35.5. The van der Waals surface area contributed by atoms with Crippen LogP contribution in [0.5, 0.6) is 5.75 Å². The Morgan fingerprint density at radius 2 is 1.77 bits per heavy atom. The molecule has 0 unspecified atom stereocenters. The third kappa shape index (κ3) is 5.83. The smallest absolute Gasteiger partial charge is 0.262 e. The van der Waals surface area contributed by atoms with E-state index in [1.54, 1.807) is 30.3 Å². The van der Waals surface area contributed by atoms with Gasteiger partial charge in [0.25, 0.3) is 5.91 Å². The van der Waals surface area contributed by atoms with Crippen molar-refractivity contribution in [2.24, 2.45) is 5.92 Å². The molecule has 1 aliphatic rings. The number of nitrogens with zero attached hydrogens (tertiary/aromatic N) is 2. The van der Waals surface area contributed by atoms with Crippen LogP contribution in [0.4, 0.5) is 11.4 Å². The van der Waals surface area contributed by atoms with Gasteiger partial charge in [0.05, 0.1) is 16.4 Å². The number of amides is 2. The van der Waals surface area contributed by atoms with E-state index >= 15 is 0 Å². The van der Waals surface area contributed by atoms with E-state index in [0.29, 0.717) is 47.7 Å². The van der Waals surface area contributed by atoms with Crippen molar-refractivity contribution in [1.82, 2.24) is 4.90 Å². The van der Waals surface area contributed by atoms with E-state index in [2.05, 4.69) is 10.2 Å². The van der Waals surface area contributed by atoms with Crippen molar-refractivity contribution >= 4 is 46.4 Å². The Kier molecular flexibility index (Phi) is 7.68. The zero-order valence-electron chi connectivity index (χ0n) is 18.0. The summed E-state index contributed by atoms with van der Waals surface area (Å²) >= 11 is 12.5. The summed E-state index contributed by atoms with van der Waals surface area (Å²) < 4.78 is 5.59. The molecule has 8 heteroatoms. The molecule has 0 radical (unpaired) electrons. The summed E-state index contributed by atoms with van der Waals surface area (Å²) in [7, 11) is 0. The van der Waals surface area contributed by atoms with Gasteiger partial charge >= 0.3 is 0 Å². The first-order valence-corrected chi connectivity index (χ1v) is 11.0. The van der Waals surface area contributed by atoms with Crippen LogP contribution >= 0.6 is 23.2 Å². The Balaban J connectivity index is 1.65. The first-order chi connectivity index (χ1) is 14.8. The van der Waals surface area contributed by atoms with Gasteiger partial charge in [-0.25, -0.2) is 0 Å².